The van der Waals surface area contributed by atoms with Crippen molar-refractivity contribution in [3.8, 4) is 0 Å². The van der Waals surface area contributed by atoms with Gasteiger partial charge in [-0.3, -0.25) is 4.79 Å². The number of carbonyl (C=O) groups excluding carboxylic acids is 1. The highest BCUT2D eigenvalue weighted by Crippen LogP contribution is 2.41. The van der Waals surface area contributed by atoms with E-state index in [9.17, 15) is 4.79 Å². The van der Waals surface area contributed by atoms with E-state index in [0.717, 1.165) is 45.1 Å². The van der Waals surface area contributed by atoms with Crippen LogP contribution in [0.5, 0.6) is 0 Å². The molecular formula is C15H26N2OS. The van der Waals surface area contributed by atoms with Gasteiger partial charge in [0.2, 0.25) is 5.91 Å². The molecule has 3 nitrogen and oxygen atoms in total. The molecule has 2 rings (SSSR count). The van der Waals surface area contributed by atoms with E-state index in [0.29, 0.717) is 16.9 Å². The predicted octanol–water partition coefficient (Wildman–Crippen LogP) is 2.87. The van der Waals surface area contributed by atoms with Crippen molar-refractivity contribution >= 4 is 23.1 Å². The van der Waals surface area contributed by atoms with Crippen LogP contribution >= 0.6 is 12.2 Å². The van der Waals surface area contributed by atoms with Gasteiger partial charge in [0.1, 0.15) is 0 Å². The smallest absolute Gasteiger partial charge is 0.235 e. The molecule has 2 fully saturated rings. The number of hydrogen-bond donors (Lipinski definition) is 1. The van der Waals surface area contributed by atoms with Gasteiger partial charge in [-0.15, -0.1) is 0 Å². The minimum Gasteiger partial charge on any atom is -0.392 e. The first-order valence-corrected chi connectivity index (χ1v) is 7.99. The summed E-state index contributed by atoms with van der Waals surface area (Å²) in [7, 11) is 0. The Hall–Kier alpha value is -0.640. The number of thiocarbonyl (C=S) groups is 1. The molecule has 0 aromatic carbocycles. The maximum Gasteiger partial charge on any atom is 0.235 e. The molecule has 1 amide bonds. The molecule has 0 radical (unpaired) electrons. The van der Waals surface area contributed by atoms with Gasteiger partial charge in [-0.2, -0.15) is 0 Å². The van der Waals surface area contributed by atoms with Crippen LogP contribution in [0.25, 0.3) is 0 Å². The van der Waals surface area contributed by atoms with Gasteiger partial charge in [-0.1, -0.05) is 45.3 Å². The summed E-state index contributed by atoms with van der Waals surface area (Å²) in [6.07, 6.45) is 7.33. The molecule has 0 unspecified atom stereocenters. The Kier molecular flexibility index (Phi) is 4.49. The number of carbonyl (C=O) groups is 1. The number of rotatable bonds is 5. The number of hydrogen-bond acceptors (Lipinski definition) is 2. The van der Waals surface area contributed by atoms with E-state index < -0.39 is 5.41 Å². The zero-order valence-electron chi connectivity index (χ0n) is 12.2. The van der Waals surface area contributed by atoms with Gasteiger partial charge in [-0.25, -0.2) is 0 Å². The second kappa shape index (κ2) is 5.78. The van der Waals surface area contributed by atoms with E-state index in [2.05, 4.69) is 18.7 Å². The largest absolute Gasteiger partial charge is 0.392 e. The quantitative estimate of drug-likeness (QED) is 0.789. The maximum atomic E-state index is 13.0. The van der Waals surface area contributed by atoms with Crippen molar-refractivity contribution < 1.29 is 4.79 Å². The van der Waals surface area contributed by atoms with Crippen molar-refractivity contribution in [1.29, 1.82) is 0 Å². The van der Waals surface area contributed by atoms with Crippen molar-refractivity contribution in [2.45, 2.75) is 64.8 Å². The van der Waals surface area contributed by atoms with Crippen LogP contribution in [0.2, 0.25) is 0 Å². The predicted molar refractivity (Wildman–Crippen MR) is 81.9 cm³/mol. The van der Waals surface area contributed by atoms with Gasteiger partial charge >= 0.3 is 0 Å². The zero-order chi connectivity index (χ0) is 14.0. The van der Waals surface area contributed by atoms with Crippen LogP contribution in [0.1, 0.15) is 58.8 Å². The molecule has 0 atom stereocenters. The molecule has 0 aromatic heterocycles. The number of nitrogens with two attached hydrogens (primary N) is 1. The van der Waals surface area contributed by atoms with Gasteiger partial charge in [0.05, 0.1) is 10.4 Å². The zero-order valence-corrected chi connectivity index (χ0v) is 13.0. The standard InChI is InChI=1S/C15H26N2OS/c1-11(2)10-17(12-6-7-12)14(18)15(13(16)19)8-4-3-5-9-15/h11-12H,3-10H2,1-2H3,(H2,16,19). The molecule has 0 spiro atoms. The van der Waals surface area contributed by atoms with Crippen LogP contribution in [0, 0.1) is 11.3 Å². The normalized spacial score (nSPS) is 22.3. The molecule has 2 aliphatic carbocycles. The lowest BCUT2D eigenvalue weighted by atomic mass is 9.72. The van der Waals surface area contributed by atoms with Crippen molar-refractivity contribution in [3.05, 3.63) is 0 Å². The number of amides is 1. The first-order chi connectivity index (χ1) is 8.97. The Morgan fingerprint density at radius 1 is 1.32 bits per heavy atom. The molecular weight excluding hydrogens is 256 g/mol. The molecule has 2 saturated carbocycles. The first kappa shape index (κ1) is 14.8. The summed E-state index contributed by atoms with van der Waals surface area (Å²) in [6, 6.07) is 0.447. The van der Waals surface area contributed by atoms with Gasteiger partial charge in [-0.05, 0) is 31.6 Å². The Morgan fingerprint density at radius 3 is 2.32 bits per heavy atom. The van der Waals surface area contributed by atoms with E-state index in [-0.39, 0.29) is 5.91 Å². The summed E-state index contributed by atoms with van der Waals surface area (Å²) in [4.78, 5) is 15.5. The minimum atomic E-state index is -0.537. The molecule has 108 valence electrons. The maximum absolute atomic E-state index is 13.0. The van der Waals surface area contributed by atoms with Crippen molar-refractivity contribution in [1.82, 2.24) is 4.90 Å². The van der Waals surface area contributed by atoms with Gasteiger partial charge in [0.15, 0.2) is 0 Å². The molecule has 0 heterocycles. The average Bonchev–Trinajstić information content (AvgIpc) is 3.19. The van der Waals surface area contributed by atoms with E-state index in [1.165, 1.54) is 6.42 Å². The monoisotopic (exact) mass is 282 g/mol. The molecule has 2 aliphatic rings. The van der Waals surface area contributed by atoms with Gasteiger partial charge in [0, 0.05) is 12.6 Å². The summed E-state index contributed by atoms with van der Waals surface area (Å²) < 4.78 is 0. The molecule has 0 aliphatic heterocycles. The SMILES string of the molecule is CC(C)CN(C(=O)C1(C(N)=S)CCCCC1)C1CC1. The van der Waals surface area contributed by atoms with E-state index in [4.69, 9.17) is 18.0 Å². The van der Waals surface area contributed by atoms with E-state index in [1.807, 2.05) is 0 Å². The fourth-order valence-electron chi connectivity index (χ4n) is 3.17. The molecule has 2 N–H and O–H groups in total. The van der Waals surface area contributed by atoms with Crippen LogP contribution < -0.4 is 5.73 Å². The molecule has 4 heteroatoms. The van der Waals surface area contributed by atoms with E-state index in [1.54, 1.807) is 0 Å². The topological polar surface area (TPSA) is 46.3 Å². The molecule has 0 aromatic rings. The number of nitrogens with zero attached hydrogens (tertiary/aromatic N) is 1. The van der Waals surface area contributed by atoms with Crippen LogP contribution in [0.3, 0.4) is 0 Å². The lowest BCUT2D eigenvalue weighted by Crippen LogP contribution is -2.53. The van der Waals surface area contributed by atoms with Crippen LogP contribution in [-0.4, -0.2) is 28.4 Å². The Morgan fingerprint density at radius 2 is 1.89 bits per heavy atom. The Balaban J connectivity index is 2.19. The van der Waals surface area contributed by atoms with Gasteiger partial charge in [0.25, 0.3) is 0 Å². The third-order valence-electron chi connectivity index (χ3n) is 4.40. The average molecular weight is 282 g/mol. The van der Waals surface area contributed by atoms with Crippen LogP contribution in [0.15, 0.2) is 0 Å². The van der Waals surface area contributed by atoms with Crippen LogP contribution in [-0.2, 0) is 4.79 Å². The summed E-state index contributed by atoms with van der Waals surface area (Å²) in [6.45, 7) is 5.17. The summed E-state index contributed by atoms with van der Waals surface area (Å²) in [5.41, 5.74) is 5.44. The first-order valence-electron chi connectivity index (χ1n) is 7.58. The van der Waals surface area contributed by atoms with Crippen molar-refractivity contribution in [2.24, 2.45) is 17.1 Å². The highest BCUT2D eigenvalue weighted by molar-refractivity contribution is 7.80. The molecule has 0 bridgehead atoms. The minimum absolute atomic E-state index is 0.218. The molecule has 0 saturated heterocycles. The molecule has 19 heavy (non-hydrogen) atoms. The highest BCUT2D eigenvalue weighted by atomic mass is 32.1. The highest BCUT2D eigenvalue weighted by Gasteiger charge is 2.47. The Bertz CT molecular complexity index is 357. The van der Waals surface area contributed by atoms with Gasteiger partial charge < -0.3 is 10.6 Å². The third-order valence-corrected chi connectivity index (χ3v) is 4.79. The lowest BCUT2D eigenvalue weighted by molar-refractivity contribution is -0.141. The fourth-order valence-corrected chi connectivity index (χ4v) is 3.46. The summed E-state index contributed by atoms with van der Waals surface area (Å²) in [5.74, 6) is 0.715. The van der Waals surface area contributed by atoms with E-state index >= 15 is 0 Å². The third kappa shape index (κ3) is 3.10. The van der Waals surface area contributed by atoms with Crippen molar-refractivity contribution in [2.75, 3.05) is 6.54 Å². The fraction of sp³-hybridized carbons (Fsp3) is 0.867. The lowest BCUT2D eigenvalue weighted by Gasteiger charge is -2.39. The summed E-state index contributed by atoms with van der Waals surface area (Å²) in [5, 5.41) is 0. The second-order valence-electron chi connectivity index (χ2n) is 6.59. The van der Waals surface area contributed by atoms with Crippen LogP contribution in [0.4, 0.5) is 0 Å². The summed E-state index contributed by atoms with van der Waals surface area (Å²) >= 11 is 5.27. The second-order valence-corrected chi connectivity index (χ2v) is 7.03. The van der Waals surface area contributed by atoms with Crippen molar-refractivity contribution in [3.63, 3.8) is 0 Å². The Labute approximate surface area is 121 Å².